The van der Waals surface area contributed by atoms with Gasteiger partial charge in [0, 0.05) is 44.0 Å². The SMILES string of the molecule is c1ccc(N2CCN(CCCNCc3cc(-c4ccc5c(c4)OCCO5)no3)CC2)nc1. The van der Waals surface area contributed by atoms with Gasteiger partial charge < -0.3 is 24.2 Å². The van der Waals surface area contributed by atoms with Crippen LogP contribution in [0.4, 0.5) is 5.82 Å². The Balaban J connectivity index is 1.02. The average Bonchev–Trinajstić information content (AvgIpc) is 3.33. The van der Waals surface area contributed by atoms with Gasteiger partial charge in [0.05, 0.1) is 6.54 Å². The van der Waals surface area contributed by atoms with Crippen LogP contribution in [0.15, 0.2) is 53.2 Å². The number of pyridine rings is 1. The van der Waals surface area contributed by atoms with Gasteiger partial charge in [0.15, 0.2) is 17.3 Å². The Morgan fingerprint density at radius 1 is 0.938 bits per heavy atom. The second-order valence-corrected chi connectivity index (χ2v) is 8.08. The van der Waals surface area contributed by atoms with E-state index in [0.717, 1.165) is 80.0 Å². The third-order valence-corrected chi connectivity index (χ3v) is 5.87. The number of piperazine rings is 1. The molecule has 3 aromatic rings. The van der Waals surface area contributed by atoms with Gasteiger partial charge in [-0.3, -0.25) is 4.90 Å². The van der Waals surface area contributed by atoms with Crippen LogP contribution in [0.1, 0.15) is 12.2 Å². The van der Waals surface area contributed by atoms with Crippen LogP contribution in [0.5, 0.6) is 11.5 Å². The van der Waals surface area contributed by atoms with Crippen molar-refractivity contribution < 1.29 is 14.0 Å². The van der Waals surface area contributed by atoms with Crippen molar-refractivity contribution in [3.05, 3.63) is 54.4 Å². The fourth-order valence-corrected chi connectivity index (χ4v) is 4.12. The molecule has 5 rings (SSSR count). The van der Waals surface area contributed by atoms with E-state index in [-0.39, 0.29) is 0 Å². The number of nitrogens with zero attached hydrogens (tertiary/aromatic N) is 4. The highest BCUT2D eigenvalue weighted by atomic mass is 16.6. The first-order valence-corrected chi connectivity index (χ1v) is 11.3. The first-order valence-electron chi connectivity index (χ1n) is 11.3. The molecule has 0 unspecified atom stereocenters. The molecule has 0 radical (unpaired) electrons. The van der Waals surface area contributed by atoms with Crippen molar-refractivity contribution in [3.63, 3.8) is 0 Å². The van der Waals surface area contributed by atoms with Gasteiger partial charge in [0.2, 0.25) is 0 Å². The van der Waals surface area contributed by atoms with Crippen molar-refractivity contribution in [2.45, 2.75) is 13.0 Å². The number of nitrogens with one attached hydrogen (secondary N) is 1. The Kier molecular flexibility index (Phi) is 6.50. The Bertz CT molecular complexity index is 1000. The summed E-state index contributed by atoms with van der Waals surface area (Å²) in [4.78, 5) is 9.34. The van der Waals surface area contributed by atoms with Crippen molar-refractivity contribution in [3.8, 4) is 22.8 Å². The molecule has 168 valence electrons. The summed E-state index contributed by atoms with van der Waals surface area (Å²) in [5, 5.41) is 7.68. The maximum Gasteiger partial charge on any atom is 0.162 e. The predicted molar refractivity (Wildman–Crippen MR) is 122 cm³/mol. The molecule has 1 fully saturated rings. The summed E-state index contributed by atoms with van der Waals surface area (Å²) < 4.78 is 16.7. The zero-order chi connectivity index (χ0) is 21.6. The zero-order valence-electron chi connectivity index (χ0n) is 18.2. The summed E-state index contributed by atoms with van der Waals surface area (Å²) in [6.45, 7) is 8.11. The molecule has 32 heavy (non-hydrogen) atoms. The van der Waals surface area contributed by atoms with Crippen LogP contribution >= 0.6 is 0 Å². The summed E-state index contributed by atoms with van der Waals surface area (Å²) >= 11 is 0. The monoisotopic (exact) mass is 435 g/mol. The van der Waals surface area contributed by atoms with Crippen LogP contribution in [0.2, 0.25) is 0 Å². The molecule has 0 atom stereocenters. The smallest absolute Gasteiger partial charge is 0.162 e. The van der Waals surface area contributed by atoms with E-state index in [0.29, 0.717) is 19.8 Å². The minimum Gasteiger partial charge on any atom is -0.486 e. The molecule has 2 aliphatic rings. The molecule has 4 heterocycles. The van der Waals surface area contributed by atoms with Crippen molar-refractivity contribution in [2.75, 3.05) is 57.4 Å². The molecule has 2 aromatic heterocycles. The van der Waals surface area contributed by atoms with E-state index >= 15 is 0 Å². The fraction of sp³-hybridized carbons (Fsp3) is 0.417. The van der Waals surface area contributed by atoms with Crippen LogP contribution in [-0.2, 0) is 6.54 Å². The molecule has 0 bridgehead atoms. The van der Waals surface area contributed by atoms with Crippen LogP contribution in [0.25, 0.3) is 11.3 Å². The Hall–Kier alpha value is -3.10. The number of hydrogen-bond acceptors (Lipinski definition) is 8. The van der Waals surface area contributed by atoms with E-state index in [1.807, 2.05) is 42.6 Å². The highest BCUT2D eigenvalue weighted by molar-refractivity contribution is 5.64. The van der Waals surface area contributed by atoms with Crippen molar-refractivity contribution in [1.29, 1.82) is 0 Å². The zero-order valence-corrected chi connectivity index (χ0v) is 18.2. The normalized spacial score (nSPS) is 16.3. The number of rotatable bonds is 8. The molecule has 0 aliphatic carbocycles. The van der Waals surface area contributed by atoms with Gasteiger partial charge in [-0.2, -0.15) is 0 Å². The molecule has 0 saturated carbocycles. The minimum atomic E-state index is 0.574. The Morgan fingerprint density at radius 3 is 2.66 bits per heavy atom. The lowest BCUT2D eigenvalue weighted by molar-refractivity contribution is 0.171. The molecular formula is C24H29N5O3. The number of benzene rings is 1. The van der Waals surface area contributed by atoms with E-state index in [2.05, 4.69) is 31.3 Å². The highest BCUT2D eigenvalue weighted by Crippen LogP contribution is 2.34. The third-order valence-electron chi connectivity index (χ3n) is 5.87. The molecule has 8 nitrogen and oxygen atoms in total. The van der Waals surface area contributed by atoms with Gasteiger partial charge in [-0.15, -0.1) is 0 Å². The van der Waals surface area contributed by atoms with Crippen LogP contribution in [0.3, 0.4) is 0 Å². The standard InChI is InChI=1S/C24H29N5O3/c1-2-8-26-24(4-1)29-12-10-28(11-13-29)9-3-7-25-18-20-17-21(27-32-20)19-5-6-22-23(16-19)31-15-14-30-22/h1-2,4-6,8,16-17,25H,3,7,9-15,18H2. The number of anilines is 1. The van der Waals surface area contributed by atoms with E-state index in [4.69, 9.17) is 14.0 Å². The second-order valence-electron chi connectivity index (χ2n) is 8.08. The summed E-state index contributed by atoms with van der Waals surface area (Å²) in [5.41, 5.74) is 1.78. The van der Waals surface area contributed by atoms with Crippen molar-refractivity contribution in [1.82, 2.24) is 20.4 Å². The quantitative estimate of drug-likeness (QED) is 0.542. The minimum absolute atomic E-state index is 0.574. The molecule has 1 saturated heterocycles. The highest BCUT2D eigenvalue weighted by Gasteiger charge is 2.17. The Labute approximate surface area is 188 Å². The van der Waals surface area contributed by atoms with Crippen LogP contribution < -0.4 is 19.7 Å². The summed E-state index contributed by atoms with van der Waals surface area (Å²) in [7, 11) is 0. The van der Waals surface area contributed by atoms with Gasteiger partial charge in [0.25, 0.3) is 0 Å². The van der Waals surface area contributed by atoms with E-state index in [9.17, 15) is 0 Å². The van der Waals surface area contributed by atoms with Gasteiger partial charge in [-0.1, -0.05) is 11.2 Å². The van der Waals surface area contributed by atoms with Crippen LogP contribution in [0, 0.1) is 0 Å². The number of ether oxygens (including phenoxy) is 2. The lowest BCUT2D eigenvalue weighted by Crippen LogP contribution is -2.47. The van der Waals surface area contributed by atoms with Gasteiger partial charge >= 0.3 is 0 Å². The average molecular weight is 436 g/mol. The lowest BCUT2D eigenvalue weighted by Gasteiger charge is -2.35. The molecule has 1 aromatic carbocycles. The molecule has 2 aliphatic heterocycles. The number of hydrogen-bond donors (Lipinski definition) is 1. The van der Waals surface area contributed by atoms with E-state index in [1.54, 1.807) is 0 Å². The van der Waals surface area contributed by atoms with Gasteiger partial charge in [-0.25, -0.2) is 4.98 Å². The molecule has 8 heteroatoms. The molecular weight excluding hydrogens is 406 g/mol. The lowest BCUT2D eigenvalue weighted by atomic mass is 10.1. The maximum absolute atomic E-state index is 5.66. The van der Waals surface area contributed by atoms with Crippen LogP contribution in [-0.4, -0.2) is 67.5 Å². The van der Waals surface area contributed by atoms with E-state index in [1.165, 1.54) is 0 Å². The maximum atomic E-state index is 5.66. The third kappa shape index (κ3) is 5.03. The number of fused-ring (bicyclic) bond motifs is 1. The second kappa shape index (κ2) is 10.0. The van der Waals surface area contributed by atoms with Gasteiger partial charge in [-0.05, 0) is 49.8 Å². The molecule has 1 N–H and O–H groups in total. The summed E-state index contributed by atoms with van der Waals surface area (Å²) in [6, 6.07) is 13.9. The van der Waals surface area contributed by atoms with E-state index < -0.39 is 0 Å². The van der Waals surface area contributed by atoms with Crippen molar-refractivity contribution >= 4 is 5.82 Å². The van der Waals surface area contributed by atoms with Gasteiger partial charge in [0.1, 0.15) is 24.7 Å². The first-order chi connectivity index (χ1) is 15.8. The van der Waals surface area contributed by atoms with Crippen molar-refractivity contribution in [2.24, 2.45) is 0 Å². The first kappa shape index (κ1) is 20.8. The molecule has 0 amide bonds. The Morgan fingerprint density at radius 2 is 1.81 bits per heavy atom. The summed E-state index contributed by atoms with van der Waals surface area (Å²) in [5.74, 6) is 3.45. The summed E-state index contributed by atoms with van der Waals surface area (Å²) in [6.07, 6.45) is 2.97. The topological polar surface area (TPSA) is 75.9 Å². The molecule has 0 spiro atoms. The predicted octanol–water partition coefficient (Wildman–Crippen LogP) is 2.81. The number of aromatic nitrogens is 2. The fourth-order valence-electron chi connectivity index (χ4n) is 4.12. The largest absolute Gasteiger partial charge is 0.486 e.